The molecule has 0 N–H and O–H groups in total. The minimum atomic E-state index is 0.737. The van der Waals surface area contributed by atoms with Crippen molar-refractivity contribution in [3.63, 3.8) is 0 Å². The highest BCUT2D eigenvalue weighted by Gasteiger charge is 2.25. The van der Waals surface area contributed by atoms with Crippen LogP contribution in [0.1, 0.15) is 42.3 Å². The molecular formula is C23H22BrNO2S. The summed E-state index contributed by atoms with van der Waals surface area (Å²) >= 11 is 5.06. The Balaban J connectivity index is 1.69. The maximum Gasteiger partial charge on any atom is 0.160 e. The molecule has 2 heterocycles. The van der Waals surface area contributed by atoms with Gasteiger partial charge in [0.2, 0.25) is 0 Å². The van der Waals surface area contributed by atoms with Gasteiger partial charge in [0.1, 0.15) is 0 Å². The normalized spacial score (nSPS) is 12.3. The third-order valence-electron chi connectivity index (χ3n) is 4.95. The van der Waals surface area contributed by atoms with E-state index in [0.717, 1.165) is 61.9 Å². The minimum absolute atomic E-state index is 0.737. The van der Waals surface area contributed by atoms with Crippen LogP contribution in [-0.2, 0) is 0 Å². The van der Waals surface area contributed by atoms with Crippen molar-refractivity contribution < 1.29 is 9.53 Å². The number of benzene rings is 2. The Bertz CT molecular complexity index is 998. The summed E-state index contributed by atoms with van der Waals surface area (Å²) in [7, 11) is 0. The molecule has 0 radical (unpaired) electrons. The van der Waals surface area contributed by atoms with E-state index in [1.165, 1.54) is 30.6 Å². The number of carbonyl (C=O) groups excluding carboxylic acids is 1. The molecule has 5 heteroatoms. The second-order valence-electron chi connectivity index (χ2n) is 6.93. The Hall–Kier alpha value is -2.11. The van der Waals surface area contributed by atoms with E-state index in [9.17, 15) is 4.79 Å². The van der Waals surface area contributed by atoms with Crippen molar-refractivity contribution in [2.24, 2.45) is 0 Å². The number of nitrogens with zero attached hydrogens (tertiary/aromatic N) is 1. The lowest BCUT2D eigenvalue weighted by Crippen LogP contribution is -2.22. The zero-order chi connectivity index (χ0) is 19.5. The van der Waals surface area contributed by atoms with Gasteiger partial charge in [-0.25, -0.2) is 0 Å². The fourth-order valence-corrected chi connectivity index (χ4v) is 4.68. The van der Waals surface area contributed by atoms with E-state index in [4.69, 9.17) is 4.74 Å². The predicted molar refractivity (Wildman–Crippen MR) is 121 cm³/mol. The number of carbonyl (C=O) groups is 1. The number of hydrogen-bond acceptors (Lipinski definition) is 4. The molecule has 3 aromatic rings. The third-order valence-corrected chi connectivity index (χ3v) is 6.50. The first-order chi connectivity index (χ1) is 13.7. The Morgan fingerprint density at radius 2 is 1.79 bits per heavy atom. The van der Waals surface area contributed by atoms with Crippen molar-refractivity contribution in [2.75, 3.05) is 11.4 Å². The maximum absolute atomic E-state index is 11.0. The van der Waals surface area contributed by atoms with Gasteiger partial charge in [-0.3, -0.25) is 4.79 Å². The minimum Gasteiger partial charge on any atom is -0.453 e. The lowest BCUT2D eigenvalue weighted by atomic mass is 10.1. The van der Waals surface area contributed by atoms with E-state index in [2.05, 4.69) is 58.1 Å². The number of hydrogen-bond donors (Lipinski definition) is 0. The first-order valence-electron chi connectivity index (χ1n) is 9.64. The molecule has 0 spiro atoms. The summed E-state index contributed by atoms with van der Waals surface area (Å²) in [5.74, 6) is 1.73. The summed E-state index contributed by atoms with van der Waals surface area (Å²) < 4.78 is 7.28. The van der Waals surface area contributed by atoms with E-state index >= 15 is 0 Å². The zero-order valence-corrected chi connectivity index (χ0v) is 18.2. The molecule has 28 heavy (non-hydrogen) atoms. The van der Waals surface area contributed by atoms with Gasteiger partial charge in [-0.1, -0.05) is 48.2 Å². The topological polar surface area (TPSA) is 29.5 Å². The summed E-state index contributed by atoms with van der Waals surface area (Å²) in [6.07, 6.45) is 5.78. The highest BCUT2D eigenvalue weighted by atomic mass is 79.9. The first-order valence-corrected chi connectivity index (χ1v) is 11.2. The summed E-state index contributed by atoms with van der Waals surface area (Å²) in [6, 6.07) is 16.4. The van der Waals surface area contributed by atoms with E-state index in [-0.39, 0.29) is 0 Å². The van der Waals surface area contributed by atoms with Crippen LogP contribution < -0.4 is 9.64 Å². The standard InChI is InChI=1S/C23H22BrNO2S/c1-2-3-4-5-12-25-19-9-6-16(23-11-8-18(15-26)28-23)13-21(19)27-22-14-17(24)7-10-20(22)25/h6-11,13-15H,2-5,12H2,1H3. The van der Waals surface area contributed by atoms with Crippen LogP contribution in [0.15, 0.2) is 53.0 Å². The van der Waals surface area contributed by atoms with Crippen LogP contribution in [0, 0.1) is 0 Å². The summed E-state index contributed by atoms with van der Waals surface area (Å²) in [5, 5.41) is 0. The van der Waals surface area contributed by atoms with Crippen molar-refractivity contribution in [3.05, 3.63) is 57.9 Å². The number of fused-ring (bicyclic) bond motifs is 2. The van der Waals surface area contributed by atoms with Gasteiger partial charge in [-0.2, -0.15) is 0 Å². The third kappa shape index (κ3) is 3.87. The number of unbranched alkanes of at least 4 members (excludes halogenated alkanes) is 3. The van der Waals surface area contributed by atoms with Crippen molar-refractivity contribution in [2.45, 2.75) is 32.6 Å². The van der Waals surface area contributed by atoms with Gasteiger partial charge in [0.25, 0.3) is 0 Å². The molecule has 0 atom stereocenters. The molecule has 2 aromatic carbocycles. The van der Waals surface area contributed by atoms with Crippen LogP contribution in [-0.4, -0.2) is 12.8 Å². The lowest BCUT2D eigenvalue weighted by molar-refractivity contribution is 0.112. The van der Waals surface area contributed by atoms with Crippen molar-refractivity contribution >= 4 is 44.9 Å². The average Bonchev–Trinajstić information content (AvgIpc) is 3.19. The molecule has 1 aliphatic heterocycles. The largest absolute Gasteiger partial charge is 0.453 e. The number of ether oxygens (including phenoxy) is 1. The van der Waals surface area contributed by atoms with Crippen molar-refractivity contribution in [1.82, 2.24) is 0 Å². The number of thiophene rings is 1. The Morgan fingerprint density at radius 3 is 2.54 bits per heavy atom. The smallest absolute Gasteiger partial charge is 0.160 e. The predicted octanol–water partition coefficient (Wildman–Crippen LogP) is 7.81. The molecule has 1 aromatic heterocycles. The summed E-state index contributed by atoms with van der Waals surface area (Å²) in [5.41, 5.74) is 3.28. The molecule has 0 saturated heterocycles. The van der Waals surface area contributed by atoms with E-state index < -0.39 is 0 Å². The lowest BCUT2D eigenvalue weighted by Gasteiger charge is -2.33. The molecule has 0 fully saturated rings. The van der Waals surface area contributed by atoms with Gasteiger partial charge < -0.3 is 9.64 Å². The molecule has 4 rings (SSSR count). The van der Waals surface area contributed by atoms with Crippen LogP contribution in [0.5, 0.6) is 11.5 Å². The van der Waals surface area contributed by atoms with E-state index in [1.54, 1.807) is 0 Å². The van der Waals surface area contributed by atoms with Crippen molar-refractivity contribution in [1.29, 1.82) is 0 Å². The molecule has 1 aliphatic rings. The second-order valence-corrected chi connectivity index (χ2v) is 8.96. The zero-order valence-electron chi connectivity index (χ0n) is 15.8. The molecule has 3 nitrogen and oxygen atoms in total. The maximum atomic E-state index is 11.0. The van der Waals surface area contributed by atoms with Gasteiger partial charge in [-0.15, -0.1) is 11.3 Å². The van der Waals surface area contributed by atoms with Crippen LogP contribution in [0.3, 0.4) is 0 Å². The average molecular weight is 456 g/mol. The van der Waals surface area contributed by atoms with Crippen molar-refractivity contribution in [3.8, 4) is 21.9 Å². The first kappa shape index (κ1) is 19.2. The second kappa shape index (κ2) is 8.50. The van der Waals surface area contributed by atoms with E-state index in [1.807, 2.05) is 18.2 Å². The molecular weight excluding hydrogens is 434 g/mol. The Kier molecular flexibility index (Phi) is 5.83. The molecule has 0 amide bonds. The van der Waals surface area contributed by atoms with E-state index in [0.29, 0.717) is 0 Å². The molecule has 0 aliphatic carbocycles. The SMILES string of the molecule is CCCCCCN1c2ccc(Br)cc2Oc2cc(-c3ccc(C=O)s3)ccc21. The molecule has 0 bridgehead atoms. The van der Waals surface area contributed by atoms with Gasteiger partial charge >= 0.3 is 0 Å². The molecule has 0 unspecified atom stereocenters. The summed E-state index contributed by atoms with van der Waals surface area (Å²) in [4.78, 5) is 15.2. The van der Waals surface area contributed by atoms with Gasteiger partial charge in [0, 0.05) is 15.9 Å². The monoisotopic (exact) mass is 455 g/mol. The van der Waals surface area contributed by atoms with Gasteiger partial charge in [0.15, 0.2) is 17.8 Å². The fourth-order valence-electron chi connectivity index (χ4n) is 3.52. The molecule has 0 saturated carbocycles. The molecule has 144 valence electrons. The Labute approximate surface area is 178 Å². The highest BCUT2D eigenvalue weighted by molar-refractivity contribution is 9.10. The fraction of sp³-hybridized carbons (Fsp3) is 0.261. The van der Waals surface area contributed by atoms with Crippen LogP contribution >= 0.6 is 27.3 Å². The quantitative estimate of drug-likeness (QED) is 0.268. The highest BCUT2D eigenvalue weighted by Crippen LogP contribution is 2.49. The number of anilines is 2. The van der Waals surface area contributed by atoms with Crippen LogP contribution in [0.4, 0.5) is 11.4 Å². The van der Waals surface area contributed by atoms with Crippen LogP contribution in [0.25, 0.3) is 10.4 Å². The number of halogens is 1. The number of aldehydes is 1. The number of rotatable bonds is 7. The van der Waals surface area contributed by atoms with Gasteiger partial charge in [-0.05, 0) is 54.4 Å². The van der Waals surface area contributed by atoms with Crippen LogP contribution in [0.2, 0.25) is 0 Å². The summed E-state index contributed by atoms with van der Waals surface area (Å²) in [6.45, 7) is 3.21. The Morgan fingerprint density at radius 1 is 1.00 bits per heavy atom. The van der Waals surface area contributed by atoms with Gasteiger partial charge in [0.05, 0.1) is 16.3 Å².